The van der Waals surface area contributed by atoms with Crippen molar-refractivity contribution in [3.05, 3.63) is 126 Å². The third-order valence-corrected chi connectivity index (χ3v) is 7.93. The molecule has 2 aromatic heterocycles. The lowest BCUT2D eigenvalue weighted by Gasteiger charge is -2.20. The third kappa shape index (κ3) is 5.97. The van der Waals surface area contributed by atoms with E-state index in [-0.39, 0.29) is 23.1 Å². The molecule has 0 bridgehead atoms. The van der Waals surface area contributed by atoms with Crippen LogP contribution in [0, 0.1) is 0 Å². The molecule has 5 aromatic rings. The van der Waals surface area contributed by atoms with Crippen LogP contribution in [0.4, 0.5) is 11.4 Å². The number of aliphatic imine (C=N–C) groups is 1. The van der Waals surface area contributed by atoms with Gasteiger partial charge in [0.15, 0.2) is 5.17 Å². The quantitative estimate of drug-likeness (QED) is 0.205. The molecule has 0 aliphatic carbocycles. The Bertz CT molecular complexity index is 1940. The Morgan fingerprint density at radius 3 is 2.43 bits per heavy atom. The first-order valence-electron chi connectivity index (χ1n) is 13.7. The van der Waals surface area contributed by atoms with Crippen molar-refractivity contribution < 1.29 is 19.5 Å². The molecule has 3 heterocycles. The first-order valence-corrected chi connectivity index (χ1v) is 14.6. The van der Waals surface area contributed by atoms with E-state index in [9.17, 15) is 19.5 Å². The average molecular weight is 600 g/mol. The van der Waals surface area contributed by atoms with Gasteiger partial charge in [-0.3, -0.25) is 19.5 Å². The van der Waals surface area contributed by atoms with Gasteiger partial charge in [0.1, 0.15) is 5.70 Å². The number of nitrogens with zero attached hydrogens (tertiary/aromatic N) is 4. The molecule has 216 valence electrons. The molecule has 1 atom stereocenters. The number of aromatic nitrogens is 2. The molecular formula is C34H25N5O4S. The predicted molar refractivity (Wildman–Crippen MR) is 173 cm³/mol. The van der Waals surface area contributed by atoms with Gasteiger partial charge >= 0.3 is 5.97 Å². The Hall–Kier alpha value is -5.61. The van der Waals surface area contributed by atoms with Gasteiger partial charge in [0.25, 0.3) is 5.91 Å². The van der Waals surface area contributed by atoms with Crippen LogP contribution in [0.25, 0.3) is 28.2 Å². The predicted octanol–water partition coefficient (Wildman–Crippen LogP) is 6.50. The van der Waals surface area contributed by atoms with Gasteiger partial charge in [-0.05, 0) is 61.0 Å². The fourth-order valence-electron chi connectivity index (χ4n) is 4.68. The summed E-state index contributed by atoms with van der Waals surface area (Å²) in [6, 6.07) is 28.5. The number of benzene rings is 3. The van der Waals surface area contributed by atoms with Crippen molar-refractivity contribution in [1.82, 2.24) is 9.97 Å². The number of hydrogen-bond donors (Lipinski definition) is 2. The van der Waals surface area contributed by atoms with Crippen molar-refractivity contribution in [3.63, 3.8) is 0 Å². The topological polar surface area (TPSA) is 125 Å². The highest BCUT2D eigenvalue weighted by molar-refractivity contribution is 8.15. The lowest BCUT2D eigenvalue weighted by Crippen LogP contribution is -2.33. The lowest BCUT2D eigenvalue weighted by atomic mass is 10.0. The van der Waals surface area contributed by atoms with Gasteiger partial charge in [0, 0.05) is 29.0 Å². The Balaban J connectivity index is 1.20. The summed E-state index contributed by atoms with van der Waals surface area (Å²) in [5.41, 5.74) is 4.19. The van der Waals surface area contributed by atoms with Gasteiger partial charge < -0.3 is 10.4 Å². The highest BCUT2D eigenvalue weighted by Crippen LogP contribution is 2.32. The van der Waals surface area contributed by atoms with E-state index >= 15 is 0 Å². The van der Waals surface area contributed by atoms with Crippen molar-refractivity contribution in [2.45, 2.75) is 12.2 Å². The standard InChI is InChI=1S/C34H25N5O4S/c1-21(44-34-38-30(18-22-8-7-17-35-20-22)32(41)39(34)25-9-3-2-4-10-25)31(40)36-24-15-13-23(14-16-24)29-19-27(33(42)43)26-11-5-6-12-28(26)37-29/h2-21H,1H3,(H,36,40)(H,42,43)/b30-18-. The second-order valence-electron chi connectivity index (χ2n) is 9.89. The number of carboxylic acid groups (broad SMARTS) is 1. The number of rotatable bonds is 7. The highest BCUT2D eigenvalue weighted by atomic mass is 32.2. The molecule has 0 spiro atoms. The zero-order chi connectivity index (χ0) is 30.6. The van der Waals surface area contributed by atoms with E-state index in [0.717, 1.165) is 5.56 Å². The summed E-state index contributed by atoms with van der Waals surface area (Å²) in [4.78, 5) is 53.3. The van der Waals surface area contributed by atoms with Crippen molar-refractivity contribution >= 4 is 63.1 Å². The van der Waals surface area contributed by atoms with Crippen molar-refractivity contribution in [2.75, 3.05) is 10.2 Å². The van der Waals surface area contributed by atoms with Crippen LogP contribution < -0.4 is 10.2 Å². The molecule has 0 radical (unpaired) electrons. The minimum Gasteiger partial charge on any atom is -0.478 e. The number of hydrogen-bond acceptors (Lipinski definition) is 7. The Morgan fingerprint density at radius 1 is 0.955 bits per heavy atom. The number of aromatic carboxylic acids is 1. The second kappa shape index (κ2) is 12.3. The van der Waals surface area contributed by atoms with Gasteiger partial charge in [0.2, 0.25) is 5.91 Å². The minimum atomic E-state index is -1.03. The summed E-state index contributed by atoms with van der Waals surface area (Å²) >= 11 is 1.18. The third-order valence-electron chi connectivity index (χ3n) is 6.88. The Morgan fingerprint density at radius 2 is 1.70 bits per heavy atom. The van der Waals surface area contributed by atoms with Crippen LogP contribution in [0.3, 0.4) is 0 Å². The fourth-order valence-corrected chi connectivity index (χ4v) is 5.61. The number of carbonyl (C=O) groups is 3. The first-order chi connectivity index (χ1) is 21.4. The van der Waals surface area contributed by atoms with Crippen LogP contribution in [0.1, 0.15) is 22.8 Å². The van der Waals surface area contributed by atoms with Crippen molar-refractivity contribution in [1.29, 1.82) is 0 Å². The lowest BCUT2D eigenvalue weighted by molar-refractivity contribution is -0.115. The smallest absolute Gasteiger partial charge is 0.336 e. The number of amides is 2. The number of carbonyl (C=O) groups excluding carboxylic acids is 2. The fraction of sp³-hybridized carbons (Fsp3) is 0.0588. The van der Waals surface area contributed by atoms with Crippen LogP contribution in [-0.2, 0) is 9.59 Å². The zero-order valence-corrected chi connectivity index (χ0v) is 24.2. The van der Waals surface area contributed by atoms with Gasteiger partial charge in [-0.15, -0.1) is 0 Å². The summed E-state index contributed by atoms with van der Waals surface area (Å²) in [7, 11) is 0. The monoisotopic (exact) mass is 599 g/mol. The molecule has 10 heteroatoms. The van der Waals surface area contributed by atoms with Gasteiger partial charge in [-0.25, -0.2) is 14.8 Å². The van der Waals surface area contributed by atoms with E-state index < -0.39 is 11.2 Å². The van der Waals surface area contributed by atoms with Gasteiger partial charge in [-0.2, -0.15) is 0 Å². The molecule has 0 saturated carbocycles. The number of amidine groups is 1. The normalized spacial score (nSPS) is 14.5. The largest absolute Gasteiger partial charge is 0.478 e. The number of fused-ring (bicyclic) bond motifs is 1. The minimum absolute atomic E-state index is 0.171. The molecule has 2 N–H and O–H groups in total. The van der Waals surface area contributed by atoms with E-state index in [1.54, 1.807) is 80.0 Å². The van der Waals surface area contributed by atoms with Crippen LogP contribution in [0.2, 0.25) is 0 Å². The SMILES string of the molecule is CC(SC1=N/C(=C\c2cccnc2)C(=O)N1c1ccccc1)C(=O)Nc1ccc(-c2cc(C(=O)O)c3ccccc3n2)cc1. The molecule has 0 fully saturated rings. The van der Waals surface area contributed by atoms with Crippen molar-refractivity contribution in [3.8, 4) is 11.3 Å². The average Bonchev–Trinajstić information content (AvgIpc) is 3.35. The number of thioether (sulfide) groups is 1. The first kappa shape index (κ1) is 28.5. The van der Waals surface area contributed by atoms with E-state index in [1.165, 1.54) is 16.7 Å². The summed E-state index contributed by atoms with van der Waals surface area (Å²) in [5, 5.41) is 13.0. The highest BCUT2D eigenvalue weighted by Gasteiger charge is 2.34. The van der Waals surface area contributed by atoms with E-state index in [0.29, 0.717) is 38.7 Å². The second-order valence-corrected chi connectivity index (χ2v) is 11.2. The molecule has 0 saturated heterocycles. The van der Waals surface area contributed by atoms with E-state index in [4.69, 9.17) is 0 Å². The van der Waals surface area contributed by atoms with Crippen LogP contribution in [0.15, 0.2) is 120 Å². The van der Waals surface area contributed by atoms with E-state index in [1.807, 2.05) is 42.5 Å². The van der Waals surface area contributed by atoms with Crippen LogP contribution >= 0.6 is 11.8 Å². The summed E-state index contributed by atoms with van der Waals surface area (Å²) in [6.45, 7) is 1.75. The molecule has 1 aliphatic heterocycles. The molecule has 1 unspecified atom stereocenters. The molecule has 2 amide bonds. The summed E-state index contributed by atoms with van der Waals surface area (Å²) in [6.07, 6.45) is 4.98. The number of pyridine rings is 2. The Kier molecular flexibility index (Phi) is 7.98. The maximum atomic E-state index is 13.4. The molecule has 1 aliphatic rings. The summed E-state index contributed by atoms with van der Waals surface area (Å²) in [5.74, 6) is -1.59. The maximum absolute atomic E-state index is 13.4. The molecule has 6 rings (SSSR count). The van der Waals surface area contributed by atoms with Crippen molar-refractivity contribution in [2.24, 2.45) is 4.99 Å². The molecular weight excluding hydrogens is 574 g/mol. The van der Waals surface area contributed by atoms with Crippen LogP contribution in [0.5, 0.6) is 0 Å². The van der Waals surface area contributed by atoms with Gasteiger partial charge in [-0.1, -0.05) is 66.4 Å². The molecule has 44 heavy (non-hydrogen) atoms. The maximum Gasteiger partial charge on any atom is 0.336 e. The Labute approximate surface area is 257 Å². The van der Waals surface area contributed by atoms with Crippen LogP contribution in [-0.4, -0.2) is 43.3 Å². The molecule has 3 aromatic carbocycles. The molecule has 9 nitrogen and oxygen atoms in total. The zero-order valence-electron chi connectivity index (χ0n) is 23.4. The number of nitrogens with one attached hydrogen (secondary N) is 1. The van der Waals surface area contributed by atoms with E-state index in [2.05, 4.69) is 20.3 Å². The summed E-state index contributed by atoms with van der Waals surface area (Å²) < 4.78 is 0. The number of para-hydroxylation sites is 2. The number of anilines is 2. The number of carboxylic acids is 1. The van der Waals surface area contributed by atoms with Gasteiger partial charge in [0.05, 0.1) is 27.7 Å².